The first-order chi connectivity index (χ1) is 27.7. The predicted molar refractivity (Wildman–Crippen MR) is 239 cm³/mol. The minimum absolute atomic E-state index is 0.888. The van der Waals surface area contributed by atoms with Crippen LogP contribution in [0.25, 0.3) is 120 Å². The predicted octanol–water partition coefficient (Wildman–Crippen LogP) is 14.6. The van der Waals surface area contributed by atoms with Gasteiger partial charge in [-0.25, -0.2) is 0 Å². The zero-order valence-electron chi connectivity index (χ0n) is 30.4. The number of furan rings is 1. The zero-order chi connectivity index (χ0) is 36.9. The van der Waals surface area contributed by atoms with Crippen LogP contribution < -0.4 is 5.22 Å². The van der Waals surface area contributed by atoms with Crippen molar-refractivity contribution in [1.82, 2.24) is 0 Å². The fourth-order valence-electron chi connectivity index (χ4n) is 9.30. The molecule has 0 atom stereocenters. The van der Waals surface area contributed by atoms with Gasteiger partial charge < -0.3 is 4.42 Å². The van der Waals surface area contributed by atoms with Crippen molar-refractivity contribution >= 4 is 97.9 Å². The number of allylic oxidation sites excluding steroid dienone is 2. The average molecular weight is 709 g/mol. The zero-order valence-corrected chi connectivity index (χ0v) is 30.4. The van der Waals surface area contributed by atoms with Gasteiger partial charge in [-0.3, -0.25) is 0 Å². The van der Waals surface area contributed by atoms with Crippen molar-refractivity contribution in [3.8, 4) is 22.3 Å². The van der Waals surface area contributed by atoms with Gasteiger partial charge in [0.2, 0.25) is 0 Å². The van der Waals surface area contributed by atoms with Crippen molar-refractivity contribution in [1.29, 1.82) is 0 Å². The van der Waals surface area contributed by atoms with E-state index in [-0.39, 0.29) is 0 Å². The van der Waals surface area contributed by atoms with Crippen LogP contribution in [-0.2, 0) is 0 Å². The van der Waals surface area contributed by atoms with Gasteiger partial charge in [0.25, 0.3) is 0 Å². The molecule has 0 saturated heterocycles. The molecule has 12 aromatic rings. The maximum Gasteiger partial charge on any atom is 0.135 e. The molecular formula is C55H32O. The highest BCUT2D eigenvalue weighted by Gasteiger charge is 2.16. The first-order valence-electron chi connectivity index (χ1n) is 19.2. The Hall–Kier alpha value is -7.44. The fourth-order valence-corrected chi connectivity index (χ4v) is 9.30. The third kappa shape index (κ3) is 4.56. The first-order valence-corrected chi connectivity index (χ1v) is 19.2. The van der Waals surface area contributed by atoms with E-state index in [2.05, 4.69) is 188 Å². The van der Waals surface area contributed by atoms with Gasteiger partial charge in [0, 0.05) is 16.0 Å². The quantitative estimate of drug-likeness (QED) is 0.131. The molecule has 0 bridgehead atoms. The van der Waals surface area contributed by atoms with Gasteiger partial charge >= 0.3 is 0 Å². The SMILES string of the molecule is C=C(C=C=c1ccc2cccc3cccc1c32)c1ccc(-c2ccc3oc4ccc(-c5ccc6ccc7cccc8ccc5c6c78)cc4c3c2)c2ccccc12. The summed E-state index contributed by atoms with van der Waals surface area (Å²) in [5, 5.41) is 18.4. The van der Waals surface area contributed by atoms with Crippen molar-refractivity contribution in [3.05, 3.63) is 199 Å². The number of rotatable bonds is 4. The molecule has 0 amide bonds. The van der Waals surface area contributed by atoms with Crippen LogP contribution in [0, 0.1) is 0 Å². The molecule has 0 aliphatic carbocycles. The summed E-state index contributed by atoms with van der Waals surface area (Å²) in [6.45, 7) is 4.53. The Labute approximate surface area is 322 Å². The molecule has 0 unspecified atom stereocenters. The fraction of sp³-hybridized carbons (Fsp3) is 0. The Morgan fingerprint density at radius 3 is 1.68 bits per heavy atom. The Kier molecular flexibility index (Phi) is 6.51. The van der Waals surface area contributed by atoms with Crippen LogP contribution >= 0.6 is 0 Å². The molecule has 12 rings (SSSR count). The van der Waals surface area contributed by atoms with Gasteiger partial charge in [-0.05, 0) is 134 Å². The molecule has 0 saturated carbocycles. The van der Waals surface area contributed by atoms with Gasteiger partial charge in [-0.1, -0.05) is 152 Å². The standard InChI is InChI=1S/C55H32O/c1-33(15-16-34-17-18-36-8-4-7-35-11-6-14-45(34)53(35)36)42-27-28-43(47-13-3-2-12-46(42)47)40-23-29-51-49(31-40)50-32-41(24-30-52(50)56-51)44-25-21-39-20-19-37-9-5-10-38-22-26-48(44)55(39)54(37)38/h2-15,17-32H,1H2. The molecule has 1 nitrogen and oxygen atoms in total. The van der Waals surface area contributed by atoms with Crippen molar-refractivity contribution in [2.24, 2.45) is 0 Å². The lowest BCUT2D eigenvalue weighted by Gasteiger charge is -2.14. The minimum atomic E-state index is 0.888. The summed E-state index contributed by atoms with van der Waals surface area (Å²) in [4.78, 5) is 0. The third-order valence-electron chi connectivity index (χ3n) is 11.9. The molecule has 1 aromatic heterocycles. The van der Waals surface area contributed by atoms with Crippen LogP contribution in [0.5, 0.6) is 0 Å². The normalized spacial score (nSPS) is 11.9. The van der Waals surface area contributed by atoms with Crippen molar-refractivity contribution in [2.45, 2.75) is 0 Å². The van der Waals surface area contributed by atoms with Crippen LogP contribution in [0.3, 0.4) is 0 Å². The molecule has 0 fully saturated rings. The molecule has 0 radical (unpaired) electrons. The van der Waals surface area contributed by atoms with E-state index in [1.54, 1.807) is 0 Å². The molecule has 11 aromatic carbocycles. The highest BCUT2D eigenvalue weighted by molar-refractivity contribution is 6.25. The van der Waals surface area contributed by atoms with Crippen LogP contribution in [-0.4, -0.2) is 0 Å². The second kappa shape index (κ2) is 11.8. The van der Waals surface area contributed by atoms with E-state index in [4.69, 9.17) is 4.42 Å². The lowest BCUT2D eigenvalue weighted by molar-refractivity contribution is 0.669. The van der Waals surface area contributed by atoms with Gasteiger partial charge in [0.1, 0.15) is 11.2 Å². The lowest BCUT2D eigenvalue weighted by atomic mass is 9.89. The van der Waals surface area contributed by atoms with E-state index in [0.29, 0.717) is 0 Å². The van der Waals surface area contributed by atoms with E-state index < -0.39 is 0 Å². The summed E-state index contributed by atoms with van der Waals surface area (Å²) >= 11 is 0. The van der Waals surface area contributed by atoms with Gasteiger partial charge in [-0.2, -0.15) is 0 Å². The second-order valence-electron chi connectivity index (χ2n) is 15.0. The Bertz CT molecular complexity index is 3660. The highest BCUT2D eigenvalue weighted by atomic mass is 16.3. The summed E-state index contributed by atoms with van der Waals surface area (Å²) in [5.74, 6) is 0. The first kappa shape index (κ1) is 31.0. The molecule has 258 valence electrons. The molecular weight excluding hydrogens is 677 g/mol. The molecule has 0 aliphatic rings. The Morgan fingerprint density at radius 2 is 0.946 bits per heavy atom. The van der Waals surface area contributed by atoms with E-state index in [1.807, 2.05) is 6.08 Å². The van der Waals surface area contributed by atoms with Gasteiger partial charge in [-0.15, -0.1) is 5.73 Å². The highest BCUT2D eigenvalue weighted by Crippen LogP contribution is 2.42. The molecule has 0 N–H and O–H groups in total. The van der Waals surface area contributed by atoms with E-state index in [9.17, 15) is 0 Å². The van der Waals surface area contributed by atoms with E-state index in [0.717, 1.165) is 49.2 Å². The van der Waals surface area contributed by atoms with E-state index in [1.165, 1.54) is 75.9 Å². The summed E-state index contributed by atoms with van der Waals surface area (Å²) in [6.07, 6.45) is 2.04. The maximum absolute atomic E-state index is 6.44. The summed E-state index contributed by atoms with van der Waals surface area (Å²) < 4.78 is 6.44. The molecule has 0 spiro atoms. The Morgan fingerprint density at radius 1 is 0.411 bits per heavy atom. The number of hydrogen-bond donors (Lipinski definition) is 0. The molecule has 0 aliphatic heterocycles. The lowest BCUT2D eigenvalue weighted by Crippen LogP contribution is -1.99. The summed E-state index contributed by atoms with van der Waals surface area (Å²) in [7, 11) is 0. The summed E-state index contributed by atoms with van der Waals surface area (Å²) in [5.41, 5.74) is 12.2. The topological polar surface area (TPSA) is 13.1 Å². The van der Waals surface area contributed by atoms with Crippen LogP contribution in [0.2, 0.25) is 0 Å². The average Bonchev–Trinajstić information content (AvgIpc) is 3.62. The number of benzene rings is 11. The van der Waals surface area contributed by atoms with Crippen molar-refractivity contribution in [2.75, 3.05) is 0 Å². The third-order valence-corrected chi connectivity index (χ3v) is 11.9. The number of fused-ring (bicyclic) bond motifs is 4. The molecule has 1 heterocycles. The van der Waals surface area contributed by atoms with Crippen molar-refractivity contribution in [3.63, 3.8) is 0 Å². The second-order valence-corrected chi connectivity index (χ2v) is 15.0. The molecule has 1 heteroatoms. The van der Waals surface area contributed by atoms with Gasteiger partial charge in [0.15, 0.2) is 0 Å². The van der Waals surface area contributed by atoms with E-state index >= 15 is 0 Å². The van der Waals surface area contributed by atoms with Crippen LogP contribution in [0.1, 0.15) is 5.56 Å². The maximum atomic E-state index is 6.44. The van der Waals surface area contributed by atoms with Gasteiger partial charge in [0.05, 0.1) is 0 Å². The largest absolute Gasteiger partial charge is 0.456 e. The number of hydrogen-bond acceptors (Lipinski definition) is 1. The van der Waals surface area contributed by atoms with Crippen molar-refractivity contribution < 1.29 is 4.42 Å². The monoisotopic (exact) mass is 708 g/mol. The molecule has 56 heavy (non-hydrogen) atoms. The van der Waals surface area contributed by atoms with Crippen LogP contribution in [0.15, 0.2) is 193 Å². The Balaban J connectivity index is 0.969. The van der Waals surface area contributed by atoms with Crippen LogP contribution in [0.4, 0.5) is 0 Å². The minimum Gasteiger partial charge on any atom is -0.456 e. The summed E-state index contributed by atoms with van der Waals surface area (Å²) in [6, 6.07) is 63.8. The smallest absolute Gasteiger partial charge is 0.135 e.